The van der Waals surface area contributed by atoms with Crippen LogP contribution in [0, 0.1) is 11.8 Å². The highest BCUT2D eigenvalue weighted by Crippen LogP contribution is 2.40. The molecule has 3 fully saturated rings. The molecule has 0 radical (unpaired) electrons. The molecule has 1 heterocycles. The first-order valence-electron chi connectivity index (χ1n) is 8.30. The van der Waals surface area contributed by atoms with Gasteiger partial charge in [-0.1, -0.05) is 26.2 Å². The molecule has 3 aliphatic rings. The Morgan fingerprint density at radius 2 is 1.95 bits per heavy atom. The van der Waals surface area contributed by atoms with Crippen molar-refractivity contribution < 1.29 is 4.79 Å². The Kier molecular flexibility index (Phi) is 3.84. The molecule has 0 aromatic carbocycles. The van der Waals surface area contributed by atoms with E-state index in [1.54, 1.807) is 0 Å². The van der Waals surface area contributed by atoms with Gasteiger partial charge in [0.05, 0.1) is 12.2 Å². The van der Waals surface area contributed by atoms with Gasteiger partial charge in [-0.2, -0.15) is 0 Å². The van der Waals surface area contributed by atoms with Crippen LogP contribution in [0.5, 0.6) is 0 Å². The van der Waals surface area contributed by atoms with Crippen molar-refractivity contribution in [2.45, 2.75) is 83.5 Å². The maximum atomic E-state index is 12.7. The molecule has 2 saturated carbocycles. The molecule has 0 aromatic rings. The van der Waals surface area contributed by atoms with E-state index in [1.165, 1.54) is 38.5 Å². The number of amides is 1. The lowest BCUT2D eigenvalue weighted by molar-refractivity contribution is -0.133. The molecule has 0 spiro atoms. The van der Waals surface area contributed by atoms with Crippen LogP contribution in [0.3, 0.4) is 0 Å². The first kappa shape index (κ1) is 13.4. The monoisotopic (exact) mass is 264 g/mol. The summed E-state index contributed by atoms with van der Waals surface area (Å²) in [5.41, 5.74) is 0. The summed E-state index contributed by atoms with van der Waals surface area (Å²) in [5, 5.41) is 3.67. The molecule has 3 nitrogen and oxygen atoms in total. The van der Waals surface area contributed by atoms with Gasteiger partial charge in [-0.25, -0.2) is 0 Å². The molecule has 3 rings (SSSR count). The molecular formula is C16H28N2O. The summed E-state index contributed by atoms with van der Waals surface area (Å²) in [6.07, 6.45) is 10.4. The third-order valence-electron chi connectivity index (χ3n) is 5.39. The van der Waals surface area contributed by atoms with Crippen molar-refractivity contribution in [2.75, 3.05) is 0 Å². The average molecular weight is 264 g/mol. The van der Waals surface area contributed by atoms with Crippen LogP contribution in [0.25, 0.3) is 0 Å². The van der Waals surface area contributed by atoms with E-state index in [1.807, 2.05) is 0 Å². The molecule has 1 aliphatic heterocycles. The summed E-state index contributed by atoms with van der Waals surface area (Å²) < 4.78 is 0. The van der Waals surface area contributed by atoms with E-state index in [0.717, 1.165) is 18.8 Å². The smallest absolute Gasteiger partial charge is 0.241 e. The first-order valence-corrected chi connectivity index (χ1v) is 8.30. The Morgan fingerprint density at radius 1 is 1.26 bits per heavy atom. The second-order valence-corrected chi connectivity index (χ2v) is 6.82. The zero-order valence-corrected chi connectivity index (χ0v) is 12.4. The van der Waals surface area contributed by atoms with E-state index in [4.69, 9.17) is 0 Å². The predicted molar refractivity (Wildman–Crippen MR) is 76.6 cm³/mol. The van der Waals surface area contributed by atoms with Gasteiger partial charge < -0.3 is 4.90 Å². The van der Waals surface area contributed by atoms with Gasteiger partial charge in [0.1, 0.15) is 0 Å². The number of rotatable bonds is 5. The minimum absolute atomic E-state index is 0.0943. The summed E-state index contributed by atoms with van der Waals surface area (Å²) in [6, 6.07) is 0.546. The van der Waals surface area contributed by atoms with Gasteiger partial charge in [0, 0.05) is 6.04 Å². The molecule has 108 valence electrons. The molecule has 0 aromatic heterocycles. The molecule has 2 aliphatic carbocycles. The van der Waals surface area contributed by atoms with Crippen LogP contribution in [-0.2, 0) is 4.79 Å². The fraction of sp³-hybridized carbons (Fsp3) is 0.938. The molecule has 3 atom stereocenters. The number of hydrogen-bond donors (Lipinski definition) is 1. The summed E-state index contributed by atoms with van der Waals surface area (Å²) in [6.45, 7) is 4.44. The van der Waals surface area contributed by atoms with Crippen LogP contribution in [0.15, 0.2) is 0 Å². The maximum Gasteiger partial charge on any atom is 0.241 e. The molecule has 1 saturated heterocycles. The number of nitrogens with one attached hydrogen (secondary N) is 1. The number of nitrogens with zero attached hydrogens (tertiary/aromatic N) is 1. The number of carbonyl (C=O) groups is 1. The van der Waals surface area contributed by atoms with Crippen molar-refractivity contribution in [3.05, 3.63) is 0 Å². The Labute approximate surface area is 117 Å². The summed E-state index contributed by atoms with van der Waals surface area (Å²) in [7, 11) is 0. The standard InChI is InChI=1S/C16H28N2O/c1-3-6-14-16(19)18(11(2)12-9-10-12)15(17-14)13-7-4-5-8-13/h11-15,17H,3-10H2,1-2H3. The Morgan fingerprint density at radius 3 is 2.53 bits per heavy atom. The Balaban J connectivity index is 1.76. The molecule has 3 heteroatoms. The van der Waals surface area contributed by atoms with Gasteiger partial charge in [-0.3, -0.25) is 10.1 Å². The van der Waals surface area contributed by atoms with Crippen molar-refractivity contribution in [2.24, 2.45) is 11.8 Å². The molecular weight excluding hydrogens is 236 g/mol. The highest BCUT2D eigenvalue weighted by atomic mass is 16.2. The normalized spacial score (nSPS) is 34.2. The average Bonchev–Trinajstić information content (AvgIpc) is 3.01. The molecule has 0 bridgehead atoms. The SMILES string of the molecule is CCCC1NC(C2CCCC2)N(C(C)C2CC2)C1=O. The minimum atomic E-state index is 0.0943. The summed E-state index contributed by atoms with van der Waals surface area (Å²) in [5.74, 6) is 1.86. The van der Waals surface area contributed by atoms with Gasteiger partial charge in [-0.05, 0) is 50.9 Å². The Bertz CT molecular complexity index is 334. The number of hydrogen-bond acceptors (Lipinski definition) is 2. The fourth-order valence-electron chi connectivity index (χ4n) is 4.07. The van der Waals surface area contributed by atoms with Gasteiger partial charge in [0.15, 0.2) is 0 Å². The lowest BCUT2D eigenvalue weighted by Gasteiger charge is -2.34. The molecule has 3 unspecified atom stereocenters. The highest BCUT2D eigenvalue weighted by Gasteiger charge is 2.47. The quantitative estimate of drug-likeness (QED) is 0.828. The highest BCUT2D eigenvalue weighted by molar-refractivity contribution is 5.84. The van der Waals surface area contributed by atoms with E-state index in [9.17, 15) is 4.79 Å². The van der Waals surface area contributed by atoms with Crippen LogP contribution < -0.4 is 5.32 Å². The van der Waals surface area contributed by atoms with Gasteiger partial charge in [0.25, 0.3) is 0 Å². The van der Waals surface area contributed by atoms with Crippen LogP contribution in [0.1, 0.15) is 65.2 Å². The van der Waals surface area contributed by atoms with Crippen molar-refractivity contribution >= 4 is 5.91 Å². The zero-order chi connectivity index (χ0) is 13.4. The zero-order valence-electron chi connectivity index (χ0n) is 12.4. The van der Waals surface area contributed by atoms with E-state index in [0.29, 0.717) is 24.0 Å². The van der Waals surface area contributed by atoms with Crippen LogP contribution in [0.2, 0.25) is 0 Å². The van der Waals surface area contributed by atoms with Crippen LogP contribution in [0.4, 0.5) is 0 Å². The second kappa shape index (κ2) is 5.43. The molecule has 19 heavy (non-hydrogen) atoms. The van der Waals surface area contributed by atoms with E-state index >= 15 is 0 Å². The minimum Gasteiger partial charge on any atom is -0.323 e. The van der Waals surface area contributed by atoms with E-state index in [-0.39, 0.29) is 6.04 Å². The van der Waals surface area contributed by atoms with Crippen LogP contribution >= 0.6 is 0 Å². The van der Waals surface area contributed by atoms with E-state index < -0.39 is 0 Å². The topological polar surface area (TPSA) is 32.3 Å². The Hall–Kier alpha value is -0.570. The predicted octanol–water partition coefficient (Wildman–Crippen LogP) is 2.90. The molecule has 1 amide bonds. The third kappa shape index (κ3) is 2.54. The van der Waals surface area contributed by atoms with Crippen LogP contribution in [-0.4, -0.2) is 29.1 Å². The van der Waals surface area contributed by atoms with Gasteiger partial charge >= 0.3 is 0 Å². The lowest BCUT2D eigenvalue weighted by Crippen LogP contribution is -2.47. The largest absolute Gasteiger partial charge is 0.323 e. The maximum absolute atomic E-state index is 12.7. The third-order valence-corrected chi connectivity index (χ3v) is 5.39. The summed E-state index contributed by atoms with van der Waals surface area (Å²) >= 11 is 0. The van der Waals surface area contributed by atoms with E-state index in [2.05, 4.69) is 24.1 Å². The first-order chi connectivity index (χ1) is 9.22. The van der Waals surface area contributed by atoms with Gasteiger partial charge in [-0.15, -0.1) is 0 Å². The summed E-state index contributed by atoms with van der Waals surface area (Å²) in [4.78, 5) is 14.9. The van der Waals surface area contributed by atoms with Gasteiger partial charge in [0.2, 0.25) is 5.91 Å². The lowest BCUT2D eigenvalue weighted by atomic mass is 10.0. The fourth-order valence-corrected chi connectivity index (χ4v) is 4.07. The number of carbonyl (C=O) groups excluding carboxylic acids is 1. The van der Waals surface area contributed by atoms with Crippen molar-refractivity contribution in [3.8, 4) is 0 Å². The van der Waals surface area contributed by atoms with Crippen molar-refractivity contribution in [1.82, 2.24) is 10.2 Å². The second-order valence-electron chi connectivity index (χ2n) is 6.82. The molecule has 1 N–H and O–H groups in total. The van der Waals surface area contributed by atoms with Crippen molar-refractivity contribution in [1.29, 1.82) is 0 Å². The van der Waals surface area contributed by atoms with Crippen molar-refractivity contribution in [3.63, 3.8) is 0 Å².